The molecule has 1 aromatic heterocycles. The van der Waals surface area contributed by atoms with Crippen molar-refractivity contribution in [2.24, 2.45) is 0 Å². The maximum absolute atomic E-state index is 13.3. The lowest BCUT2D eigenvalue weighted by atomic mass is 9.78. The summed E-state index contributed by atoms with van der Waals surface area (Å²) in [5.41, 5.74) is 0.326. The van der Waals surface area contributed by atoms with Crippen LogP contribution in [0, 0.1) is 18.6 Å². The fourth-order valence-corrected chi connectivity index (χ4v) is 1.55. The van der Waals surface area contributed by atoms with Gasteiger partial charge < -0.3 is 10.0 Å². The van der Waals surface area contributed by atoms with Crippen LogP contribution in [-0.2, 0) is 0 Å². The van der Waals surface area contributed by atoms with Crippen molar-refractivity contribution in [3.05, 3.63) is 35.5 Å². The molecule has 0 radical (unpaired) electrons. The molecule has 3 nitrogen and oxygen atoms in total. The van der Waals surface area contributed by atoms with Crippen molar-refractivity contribution in [1.82, 2.24) is 4.98 Å². The summed E-state index contributed by atoms with van der Waals surface area (Å²) < 4.78 is 26.3. The zero-order chi connectivity index (χ0) is 11.9. The number of aryl methyl sites for hydroxylation is 1. The molecule has 2 N–H and O–H groups in total. The average Bonchev–Trinajstić information content (AvgIpc) is 2.23. The Morgan fingerprint density at radius 3 is 2.56 bits per heavy atom. The summed E-state index contributed by atoms with van der Waals surface area (Å²) in [5.74, 6) is -2.00. The number of hydrogen-bond acceptors (Lipinski definition) is 3. The van der Waals surface area contributed by atoms with E-state index in [1.54, 1.807) is 0 Å². The second-order valence-electron chi connectivity index (χ2n) is 3.47. The summed E-state index contributed by atoms with van der Waals surface area (Å²) in [6, 6.07) is 3.69. The van der Waals surface area contributed by atoms with E-state index in [9.17, 15) is 8.78 Å². The first-order chi connectivity index (χ1) is 7.50. The van der Waals surface area contributed by atoms with Crippen molar-refractivity contribution in [3.8, 4) is 0 Å². The molecule has 2 rings (SSSR count). The quantitative estimate of drug-likeness (QED) is 0.692. The second kappa shape index (κ2) is 3.81. The lowest BCUT2D eigenvalue weighted by Crippen LogP contribution is -2.32. The third kappa shape index (κ3) is 1.66. The molecule has 0 aliphatic heterocycles. The first-order valence-corrected chi connectivity index (χ1v) is 4.62. The minimum absolute atomic E-state index is 0.109. The van der Waals surface area contributed by atoms with Gasteiger partial charge in [0.25, 0.3) is 0 Å². The van der Waals surface area contributed by atoms with Gasteiger partial charge in [-0.15, -0.1) is 0 Å². The summed E-state index contributed by atoms with van der Waals surface area (Å²) >= 11 is 0. The summed E-state index contributed by atoms with van der Waals surface area (Å²) in [4.78, 5) is 3.82. The van der Waals surface area contributed by atoms with Crippen LogP contribution in [0.25, 0.3) is 10.9 Å². The van der Waals surface area contributed by atoms with Gasteiger partial charge in [0.1, 0.15) is 5.52 Å². The Hall–Kier alpha value is -1.53. The molecule has 0 aliphatic rings. The molecule has 0 saturated heterocycles. The zero-order valence-corrected chi connectivity index (χ0v) is 8.41. The number of aromatic nitrogens is 1. The van der Waals surface area contributed by atoms with E-state index < -0.39 is 18.8 Å². The van der Waals surface area contributed by atoms with Gasteiger partial charge in [0.15, 0.2) is 11.6 Å². The molecule has 0 spiro atoms. The lowest BCUT2D eigenvalue weighted by molar-refractivity contribution is 0.425. The zero-order valence-electron chi connectivity index (χ0n) is 8.41. The Bertz CT molecular complexity index is 560. The number of halogens is 2. The van der Waals surface area contributed by atoms with Gasteiger partial charge in [-0.1, -0.05) is 6.07 Å². The molecule has 82 valence electrons. The van der Waals surface area contributed by atoms with Crippen LogP contribution >= 0.6 is 0 Å². The van der Waals surface area contributed by atoms with Crippen LogP contribution in [0.15, 0.2) is 18.2 Å². The summed E-state index contributed by atoms with van der Waals surface area (Å²) in [6.07, 6.45) is 0. The molecule has 0 saturated carbocycles. The fourth-order valence-electron chi connectivity index (χ4n) is 1.55. The van der Waals surface area contributed by atoms with Gasteiger partial charge in [0.05, 0.1) is 0 Å². The Balaban J connectivity index is 2.79. The predicted molar refractivity (Wildman–Crippen MR) is 56.2 cm³/mol. The molecular formula is C10H8BF2NO2. The molecule has 6 heteroatoms. The molecule has 1 aromatic carbocycles. The highest BCUT2D eigenvalue weighted by atomic mass is 19.2. The largest absolute Gasteiger partial charge is 0.490 e. The maximum Gasteiger partial charge on any atom is 0.490 e. The van der Waals surface area contributed by atoms with Gasteiger partial charge in [-0.3, -0.25) is 4.98 Å². The number of benzene rings is 1. The van der Waals surface area contributed by atoms with Crippen LogP contribution in [0.2, 0.25) is 0 Å². The Morgan fingerprint density at radius 1 is 1.25 bits per heavy atom. The Kier molecular flexibility index (Phi) is 2.61. The van der Waals surface area contributed by atoms with Gasteiger partial charge in [0, 0.05) is 16.5 Å². The van der Waals surface area contributed by atoms with E-state index in [0.717, 1.165) is 6.07 Å². The first-order valence-electron chi connectivity index (χ1n) is 4.62. The van der Waals surface area contributed by atoms with Crippen molar-refractivity contribution in [3.63, 3.8) is 0 Å². The minimum atomic E-state index is -1.68. The smallest absolute Gasteiger partial charge is 0.423 e. The van der Waals surface area contributed by atoms with E-state index in [2.05, 4.69) is 4.98 Å². The number of hydrogen-bond donors (Lipinski definition) is 2. The van der Waals surface area contributed by atoms with Gasteiger partial charge in [-0.2, -0.15) is 0 Å². The van der Waals surface area contributed by atoms with Crippen LogP contribution < -0.4 is 5.46 Å². The van der Waals surface area contributed by atoms with E-state index in [0.29, 0.717) is 5.39 Å². The predicted octanol–water partition coefficient (Wildman–Crippen LogP) is 0.501. The normalized spacial score (nSPS) is 10.8. The van der Waals surface area contributed by atoms with Crippen LogP contribution in [0.1, 0.15) is 5.69 Å². The highest BCUT2D eigenvalue weighted by molar-refractivity contribution is 6.59. The summed E-state index contributed by atoms with van der Waals surface area (Å²) in [5, 5.41) is 18.4. The van der Waals surface area contributed by atoms with Crippen LogP contribution in [0.5, 0.6) is 0 Å². The van der Waals surface area contributed by atoms with Gasteiger partial charge >= 0.3 is 7.12 Å². The molecule has 0 amide bonds. The monoisotopic (exact) mass is 223 g/mol. The number of nitrogens with zero attached hydrogens (tertiary/aromatic N) is 1. The van der Waals surface area contributed by atoms with E-state index in [1.807, 2.05) is 0 Å². The molecule has 16 heavy (non-hydrogen) atoms. The Labute approximate surface area is 90.5 Å². The van der Waals surface area contributed by atoms with E-state index in [1.165, 1.54) is 19.1 Å². The second-order valence-corrected chi connectivity index (χ2v) is 3.47. The topological polar surface area (TPSA) is 53.4 Å². The van der Waals surface area contributed by atoms with E-state index in [-0.39, 0.29) is 16.7 Å². The van der Waals surface area contributed by atoms with Gasteiger partial charge in [-0.25, -0.2) is 8.78 Å². The highest BCUT2D eigenvalue weighted by Crippen LogP contribution is 2.17. The fraction of sp³-hybridized carbons (Fsp3) is 0.100. The Morgan fingerprint density at radius 2 is 1.94 bits per heavy atom. The summed E-state index contributed by atoms with van der Waals surface area (Å²) in [6.45, 7) is 1.50. The molecule has 0 aliphatic carbocycles. The van der Waals surface area contributed by atoms with Crippen molar-refractivity contribution in [2.45, 2.75) is 6.92 Å². The number of pyridine rings is 1. The molecule has 0 unspecified atom stereocenters. The van der Waals surface area contributed by atoms with Crippen molar-refractivity contribution >= 4 is 23.5 Å². The minimum Gasteiger partial charge on any atom is -0.423 e. The molecule has 2 aromatic rings. The van der Waals surface area contributed by atoms with Crippen molar-refractivity contribution in [2.75, 3.05) is 0 Å². The lowest BCUT2D eigenvalue weighted by Gasteiger charge is -2.07. The molecule has 0 fully saturated rings. The van der Waals surface area contributed by atoms with Crippen LogP contribution in [-0.4, -0.2) is 22.2 Å². The van der Waals surface area contributed by atoms with Gasteiger partial charge in [-0.05, 0) is 19.1 Å². The maximum atomic E-state index is 13.3. The average molecular weight is 223 g/mol. The molecule has 0 bridgehead atoms. The first kappa shape index (κ1) is 11.0. The van der Waals surface area contributed by atoms with Crippen LogP contribution in [0.3, 0.4) is 0 Å². The third-order valence-corrected chi connectivity index (χ3v) is 2.39. The van der Waals surface area contributed by atoms with E-state index in [4.69, 9.17) is 10.0 Å². The SMILES string of the molecule is Cc1nc2c(F)c(F)ccc2cc1B(O)O. The van der Waals surface area contributed by atoms with E-state index >= 15 is 0 Å². The number of fused-ring (bicyclic) bond motifs is 1. The molecular weight excluding hydrogens is 215 g/mol. The van der Waals surface area contributed by atoms with Crippen LogP contribution in [0.4, 0.5) is 8.78 Å². The van der Waals surface area contributed by atoms with Crippen molar-refractivity contribution in [1.29, 1.82) is 0 Å². The molecule has 1 heterocycles. The van der Waals surface area contributed by atoms with Crippen molar-refractivity contribution < 1.29 is 18.8 Å². The highest BCUT2D eigenvalue weighted by Gasteiger charge is 2.17. The molecule has 0 atom stereocenters. The number of rotatable bonds is 1. The third-order valence-electron chi connectivity index (χ3n) is 2.39. The summed E-state index contributed by atoms with van der Waals surface area (Å²) in [7, 11) is -1.68. The standard InChI is InChI=1S/C10H8BF2NO2/c1-5-7(11(15)16)4-6-2-3-8(12)9(13)10(6)14-5/h2-4,15-16H,1H3. The van der Waals surface area contributed by atoms with Gasteiger partial charge in [0.2, 0.25) is 0 Å².